The van der Waals surface area contributed by atoms with Crippen LogP contribution < -0.4 is 0 Å². The molecule has 0 aliphatic rings. The number of rotatable bonds is 6. The zero-order valence-corrected chi connectivity index (χ0v) is 13.3. The molecule has 6 heteroatoms. The van der Waals surface area contributed by atoms with Crippen molar-refractivity contribution in [2.75, 3.05) is 13.2 Å². The van der Waals surface area contributed by atoms with E-state index < -0.39 is 6.29 Å². The predicted octanol–water partition coefficient (Wildman–Crippen LogP) is 3.88. The first kappa shape index (κ1) is 15.2. The molecule has 0 bridgehead atoms. The predicted molar refractivity (Wildman–Crippen MR) is 78.2 cm³/mol. The van der Waals surface area contributed by atoms with E-state index in [0.717, 1.165) is 15.6 Å². The molecule has 1 heterocycles. The van der Waals surface area contributed by atoms with Crippen LogP contribution in [0.5, 0.6) is 0 Å². The van der Waals surface area contributed by atoms with Gasteiger partial charge in [-0.15, -0.1) is 0 Å². The molecular weight excluding hydrogens is 324 g/mol. The summed E-state index contributed by atoms with van der Waals surface area (Å²) in [6, 6.07) is 5.96. The molecule has 0 aliphatic heterocycles. The summed E-state index contributed by atoms with van der Waals surface area (Å²) in [6.07, 6.45) is -0.615. The Morgan fingerprint density at radius 2 is 1.95 bits per heavy atom. The molecule has 2 rings (SSSR count). The van der Waals surface area contributed by atoms with Crippen LogP contribution in [-0.2, 0) is 9.47 Å². The number of ether oxygens (including phenoxy) is 2. The standard InChI is InChI=1S/C14H17BrN2O3/c1-4-18-14(19-5-2)13-16-12(17-20-13)10-7-6-9(3)8-11(10)15/h6-8,14H,4-5H2,1-3H3. The second-order valence-corrected chi connectivity index (χ2v) is 5.04. The minimum absolute atomic E-state index is 0.330. The molecule has 20 heavy (non-hydrogen) atoms. The van der Waals surface area contributed by atoms with Gasteiger partial charge in [-0.25, -0.2) is 0 Å². The van der Waals surface area contributed by atoms with Gasteiger partial charge in [0.05, 0.1) is 0 Å². The Hall–Kier alpha value is -1.24. The van der Waals surface area contributed by atoms with Crippen LogP contribution in [-0.4, -0.2) is 23.4 Å². The summed E-state index contributed by atoms with van der Waals surface area (Å²) in [5, 5.41) is 3.99. The quantitative estimate of drug-likeness (QED) is 0.747. The van der Waals surface area contributed by atoms with E-state index in [-0.39, 0.29) is 0 Å². The van der Waals surface area contributed by atoms with Gasteiger partial charge in [-0.05, 0) is 38.5 Å². The average Bonchev–Trinajstić information content (AvgIpc) is 2.88. The van der Waals surface area contributed by atoms with E-state index in [9.17, 15) is 0 Å². The van der Waals surface area contributed by atoms with E-state index in [1.54, 1.807) is 0 Å². The smallest absolute Gasteiger partial charge is 0.283 e. The van der Waals surface area contributed by atoms with Crippen molar-refractivity contribution in [2.45, 2.75) is 27.1 Å². The van der Waals surface area contributed by atoms with Gasteiger partial charge in [0.2, 0.25) is 12.1 Å². The highest BCUT2D eigenvalue weighted by Crippen LogP contribution is 2.28. The third kappa shape index (κ3) is 3.45. The number of hydrogen-bond acceptors (Lipinski definition) is 5. The second kappa shape index (κ2) is 6.97. The zero-order valence-electron chi connectivity index (χ0n) is 11.7. The second-order valence-electron chi connectivity index (χ2n) is 4.18. The van der Waals surface area contributed by atoms with Crippen molar-refractivity contribution in [3.8, 4) is 11.4 Å². The van der Waals surface area contributed by atoms with Gasteiger partial charge in [0.25, 0.3) is 5.89 Å². The Kier molecular flexibility index (Phi) is 5.28. The van der Waals surface area contributed by atoms with Crippen molar-refractivity contribution in [1.29, 1.82) is 0 Å². The van der Waals surface area contributed by atoms with Crippen LogP contribution in [0.2, 0.25) is 0 Å². The summed E-state index contributed by atoms with van der Waals surface area (Å²) in [5.74, 6) is 0.840. The van der Waals surface area contributed by atoms with Crippen LogP contribution in [0.15, 0.2) is 27.2 Å². The number of nitrogens with zero attached hydrogens (tertiary/aromatic N) is 2. The van der Waals surface area contributed by atoms with Crippen molar-refractivity contribution >= 4 is 15.9 Å². The maximum atomic E-state index is 5.44. The van der Waals surface area contributed by atoms with Gasteiger partial charge in [-0.1, -0.05) is 27.2 Å². The number of hydrogen-bond donors (Lipinski definition) is 0. The van der Waals surface area contributed by atoms with Crippen molar-refractivity contribution < 1.29 is 14.0 Å². The van der Waals surface area contributed by atoms with Gasteiger partial charge in [0.15, 0.2) is 0 Å². The average molecular weight is 341 g/mol. The first-order valence-electron chi connectivity index (χ1n) is 6.49. The van der Waals surface area contributed by atoms with E-state index in [1.807, 2.05) is 39.0 Å². The summed E-state index contributed by atoms with van der Waals surface area (Å²) < 4.78 is 17.0. The van der Waals surface area contributed by atoms with Gasteiger partial charge >= 0.3 is 0 Å². The van der Waals surface area contributed by atoms with Crippen LogP contribution in [0.25, 0.3) is 11.4 Å². The lowest BCUT2D eigenvalue weighted by Gasteiger charge is -2.11. The Bertz CT molecular complexity index is 565. The monoisotopic (exact) mass is 340 g/mol. The molecule has 0 spiro atoms. The molecule has 1 aromatic heterocycles. The van der Waals surface area contributed by atoms with Crippen LogP contribution in [0.4, 0.5) is 0 Å². The first-order chi connectivity index (χ1) is 9.65. The number of aromatic nitrogens is 2. The lowest BCUT2D eigenvalue weighted by atomic mass is 10.1. The summed E-state index contributed by atoms with van der Waals surface area (Å²) in [5.41, 5.74) is 2.03. The molecule has 0 amide bonds. The molecule has 0 unspecified atom stereocenters. The van der Waals surface area contributed by atoms with Crippen LogP contribution in [0.1, 0.15) is 31.6 Å². The van der Waals surface area contributed by atoms with Crippen molar-refractivity contribution in [1.82, 2.24) is 10.1 Å². The van der Waals surface area contributed by atoms with Crippen molar-refractivity contribution in [3.05, 3.63) is 34.1 Å². The zero-order chi connectivity index (χ0) is 14.5. The fraction of sp³-hybridized carbons (Fsp3) is 0.429. The SMILES string of the molecule is CCOC(OCC)c1nc(-c2ccc(C)cc2Br)no1. The lowest BCUT2D eigenvalue weighted by molar-refractivity contribution is -0.155. The van der Waals surface area contributed by atoms with E-state index in [0.29, 0.717) is 24.9 Å². The van der Waals surface area contributed by atoms with Crippen LogP contribution in [0, 0.1) is 6.92 Å². The molecule has 108 valence electrons. The number of halogens is 1. The van der Waals surface area contributed by atoms with Gasteiger partial charge in [0, 0.05) is 23.2 Å². The van der Waals surface area contributed by atoms with E-state index in [4.69, 9.17) is 14.0 Å². The molecule has 0 saturated heterocycles. The highest BCUT2D eigenvalue weighted by molar-refractivity contribution is 9.10. The lowest BCUT2D eigenvalue weighted by Crippen LogP contribution is -2.09. The highest BCUT2D eigenvalue weighted by Gasteiger charge is 2.20. The normalized spacial score (nSPS) is 11.2. The van der Waals surface area contributed by atoms with Gasteiger partial charge < -0.3 is 14.0 Å². The summed E-state index contributed by atoms with van der Waals surface area (Å²) in [6.45, 7) is 6.82. The Morgan fingerprint density at radius 1 is 1.25 bits per heavy atom. The van der Waals surface area contributed by atoms with Crippen LogP contribution >= 0.6 is 15.9 Å². The molecule has 0 atom stereocenters. The van der Waals surface area contributed by atoms with E-state index in [1.165, 1.54) is 0 Å². The number of benzene rings is 1. The van der Waals surface area contributed by atoms with Crippen LogP contribution in [0.3, 0.4) is 0 Å². The van der Waals surface area contributed by atoms with Crippen molar-refractivity contribution in [3.63, 3.8) is 0 Å². The molecule has 0 fully saturated rings. The topological polar surface area (TPSA) is 57.4 Å². The fourth-order valence-corrected chi connectivity index (χ4v) is 2.41. The van der Waals surface area contributed by atoms with Gasteiger partial charge in [-0.2, -0.15) is 4.98 Å². The molecule has 0 aliphatic carbocycles. The Labute approximate surface area is 126 Å². The van der Waals surface area contributed by atoms with E-state index in [2.05, 4.69) is 26.1 Å². The number of aryl methyl sites for hydroxylation is 1. The molecule has 0 saturated carbocycles. The van der Waals surface area contributed by atoms with Gasteiger partial charge in [-0.3, -0.25) is 0 Å². The molecule has 1 aromatic carbocycles. The fourth-order valence-electron chi connectivity index (χ4n) is 1.74. The maximum Gasteiger partial charge on any atom is 0.283 e. The van der Waals surface area contributed by atoms with Gasteiger partial charge in [0.1, 0.15) is 0 Å². The minimum atomic E-state index is -0.615. The Morgan fingerprint density at radius 3 is 2.55 bits per heavy atom. The molecule has 5 nitrogen and oxygen atoms in total. The Balaban J connectivity index is 2.27. The summed E-state index contributed by atoms with van der Waals surface area (Å²) >= 11 is 3.51. The molecule has 0 radical (unpaired) electrons. The maximum absolute atomic E-state index is 5.44. The van der Waals surface area contributed by atoms with E-state index >= 15 is 0 Å². The largest absolute Gasteiger partial charge is 0.345 e. The molecule has 2 aromatic rings. The summed E-state index contributed by atoms with van der Waals surface area (Å²) in [7, 11) is 0. The minimum Gasteiger partial charge on any atom is -0.345 e. The summed E-state index contributed by atoms with van der Waals surface area (Å²) in [4.78, 5) is 4.35. The third-order valence-corrected chi connectivity index (χ3v) is 3.30. The molecular formula is C14H17BrN2O3. The third-order valence-electron chi connectivity index (χ3n) is 2.64. The first-order valence-corrected chi connectivity index (χ1v) is 7.28. The highest BCUT2D eigenvalue weighted by atomic mass is 79.9. The van der Waals surface area contributed by atoms with Crippen molar-refractivity contribution in [2.24, 2.45) is 0 Å². The molecule has 0 N–H and O–H groups in total.